The van der Waals surface area contributed by atoms with Crippen LogP contribution in [0.25, 0.3) is 21.9 Å². The first-order chi connectivity index (χ1) is 9.88. The van der Waals surface area contributed by atoms with Crippen LogP contribution in [0.2, 0.25) is 0 Å². The van der Waals surface area contributed by atoms with Gasteiger partial charge in [-0.15, -0.1) is 0 Å². The number of aromatic carboxylic acids is 1. The molecule has 0 saturated heterocycles. The van der Waals surface area contributed by atoms with Crippen molar-refractivity contribution >= 4 is 27.9 Å². The van der Waals surface area contributed by atoms with E-state index in [9.17, 15) is 24.9 Å². The number of carbonyl (C=O) groups is 1. The van der Waals surface area contributed by atoms with E-state index in [1.54, 1.807) is 0 Å². The molecular weight excluding hydrogens is 280 g/mol. The quantitative estimate of drug-likeness (QED) is 0.502. The van der Waals surface area contributed by atoms with E-state index in [1.807, 2.05) is 0 Å². The molecular formula is C14H8O7. The van der Waals surface area contributed by atoms with Crippen molar-refractivity contribution in [1.29, 1.82) is 0 Å². The highest BCUT2D eigenvalue weighted by atomic mass is 16.4. The second-order valence-corrected chi connectivity index (χ2v) is 4.44. The summed E-state index contributed by atoms with van der Waals surface area (Å²) >= 11 is 0. The third-order valence-corrected chi connectivity index (χ3v) is 3.09. The van der Waals surface area contributed by atoms with Crippen molar-refractivity contribution in [3.8, 4) is 17.2 Å². The topological polar surface area (TPSA) is 128 Å². The van der Waals surface area contributed by atoms with Crippen LogP contribution in [-0.4, -0.2) is 26.4 Å². The van der Waals surface area contributed by atoms with E-state index >= 15 is 0 Å². The fraction of sp³-hybridized carbons (Fsp3) is 0. The highest BCUT2D eigenvalue weighted by molar-refractivity contribution is 5.99. The first kappa shape index (κ1) is 12.8. The maximum Gasteiger partial charge on any atom is 0.339 e. The van der Waals surface area contributed by atoms with Gasteiger partial charge in [0.15, 0.2) is 0 Å². The summed E-state index contributed by atoms with van der Waals surface area (Å²) in [4.78, 5) is 23.3. The highest BCUT2D eigenvalue weighted by Gasteiger charge is 2.17. The molecule has 0 bridgehead atoms. The molecule has 0 aliphatic carbocycles. The summed E-state index contributed by atoms with van der Waals surface area (Å²) < 4.78 is 5.33. The number of phenolic OH excluding ortho intramolecular Hbond substituents is 2. The zero-order chi connectivity index (χ0) is 15.3. The first-order valence-electron chi connectivity index (χ1n) is 5.77. The second-order valence-electron chi connectivity index (χ2n) is 4.44. The molecule has 0 spiro atoms. The summed E-state index contributed by atoms with van der Waals surface area (Å²) in [5, 5.41) is 37.4. The Kier molecular flexibility index (Phi) is 2.52. The Morgan fingerprint density at radius 3 is 2.33 bits per heavy atom. The Bertz CT molecular complexity index is 969. The zero-order valence-electron chi connectivity index (χ0n) is 10.3. The predicted molar refractivity (Wildman–Crippen MR) is 71.9 cm³/mol. The average Bonchev–Trinajstić information content (AvgIpc) is 2.36. The summed E-state index contributed by atoms with van der Waals surface area (Å²) in [5.74, 6) is -2.73. The molecule has 1 aromatic heterocycles. The number of phenols is 3. The lowest BCUT2D eigenvalue weighted by atomic mass is 10.1. The minimum Gasteiger partial charge on any atom is -0.508 e. The summed E-state index contributed by atoms with van der Waals surface area (Å²) in [7, 11) is 0. The minimum absolute atomic E-state index is 0.0556. The Morgan fingerprint density at radius 2 is 1.67 bits per heavy atom. The van der Waals surface area contributed by atoms with Crippen molar-refractivity contribution < 1.29 is 29.6 Å². The molecule has 0 unspecified atom stereocenters. The van der Waals surface area contributed by atoms with Gasteiger partial charge >= 0.3 is 5.97 Å². The third kappa shape index (κ3) is 1.83. The van der Waals surface area contributed by atoms with Gasteiger partial charge in [0.1, 0.15) is 39.4 Å². The number of rotatable bonds is 1. The lowest BCUT2D eigenvalue weighted by molar-refractivity contribution is 0.0694. The number of carboxylic acids is 1. The summed E-state index contributed by atoms with van der Waals surface area (Å²) in [6.07, 6.45) is 0. The smallest absolute Gasteiger partial charge is 0.339 e. The molecule has 21 heavy (non-hydrogen) atoms. The van der Waals surface area contributed by atoms with Crippen LogP contribution in [0.5, 0.6) is 17.2 Å². The molecule has 0 amide bonds. The molecule has 0 fully saturated rings. The largest absolute Gasteiger partial charge is 0.508 e. The van der Waals surface area contributed by atoms with Gasteiger partial charge in [0.05, 0.1) is 5.39 Å². The Balaban J connectivity index is 2.54. The number of hydrogen-bond donors (Lipinski definition) is 4. The van der Waals surface area contributed by atoms with Crippen molar-refractivity contribution in [2.45, 2.75) is 0 Å². The molecule has 3 rings (SSSR count). The van der Waals surface area contributed by atoms with Gasteiger partial charge in [0.2, 0.25) is 5.43 Å². The number of hydrogen-bond acceptors (Lipinski definition) is 6. The monoisotopic (exact) mass is 288 g/mol. The summed E-state index contributed by atoms with van der Waals surface area (Å²) in [5.41, 5.74) is -1.24. The third-order valence-electron chi connectivity index (χ3n) is 3.09. The summed E-state index contributed by atoms with van der Waals surface area (Å²) in [6.45, 7) is 0. The van der Waals surface area contributed by atoms with Crippen LogP contribution in [-0.2, 0) is 0 Å². The van der Waals surface area contributed by atoms with E-state index in [0.29, 0.717) is 0 Å². The number of fused-ring (bicyclic) bond motifs is 2. The lowest BCUT2D eigenvalue weighted by Gasteiger charge is -2.06. The molecule has 2 aromatic carbocycles. The molecule has 0 atom stereocenters. The van der Waals surface area contributed by atoms with Crippen LogP contribution in [0, 0.1) is 0 Å². The van der Waals surface area contributed by atoms with Crippen LogP contribution < -0.4 is 5.43 Å². The van der Waals surface area contributed by atoms with E-state index in [1.165, 1.54) is 0 Å². The van der Waals surface area contributed by atoms with Gasteiger partial charge in [0.25, 0.3) is 0 Å². The second kappa shape index (κ2) is 4.14. The lowest BCUT2D eigenvalue weighted by Crippen LogP contribution is -2.05. The maximum atomic E-state index is 12.3. The molecule has 3 aromatic rings. The molecule has 106 valence electrons. The number of carboxylic acid groups (broad SMARTS) is 1. The number of benzene rings is 2. The van der Waals surface area contributed by atoms with Crippen molar-refractivity contribution in [2.75, 3.05) is 0 Å². The van der Waals surface area contributed by atoms with Gasteiger partial charge in [-0.3, -0.25) is 4.79 Å². The molecule has 7 nitrogen and oxygen atoms in total. The first-order valence-corrected chi connectivity index (χ1v) is 5.77. The maximum absolute atomic E-state index is 12.3. The van der Waals surface area contributed by atoms with Gasteiger partial charge in [-0.1, -0.05) is 0 Å². The number of aromatic hydroxyl groups is 3. The van der Waals surface area contributed by atoms with Crippen LogP contribution in [0.1, 0.15) is 10.4 Å². The zero-order valence-corrected chi connectivity index (χ0v) is 10.3. The van der Waals surface area contributed by atoms with E-state index < -0.39 is 28.5 Å². The van der Waals surface area contributed by atoms with Gasteiger partial charge in [-0.25, -0.2) is 4.79 Å². The normalized spacial score (nSPS) is 11.0. The Labute approximate surface area is 115 Å². The van der Waals surface area contributed by atoms with Crippen LogP contribution in [0.4, 0.5) is 0 Å². The highest BCUT2D eigenvalue weighted by Crippen LogP contribution is 2.31. The van der Waals surface area contributed by atoms with E-state index in [4.69, 9.17) is 9.52 Å². The standard InChI is InChI=1S/C14H8O7/c15-5-1-9(17)12-11(2-5)21-10-4-8(16)6(14(19)20)3-7(10)13(12)18/h1-4,15-17H,(H,19,20). The van der Waals surface area contributed by atoms with E-state index in [-0.39, 0.29) is 27.7 Å². The van der Waals surface area contributed by atoms with E-state index in [2.05, 4.69) is 0 Å². The van der Waals surface area contributed by atoms with Crippen LogP contribution in [0.15, 0.2) is 33.5 Å². The summed E-state index contributed by atoms with van der Waals surface area (Å²) in [6, 6.07) is 4.09. The molecule has 1 heterocycles. The van der Waals surface area contributed by atoms with Gasteiger partial charge in [-0.2, -0.15) is 0 Å². The van der Waals surface area contributed by atoms with Crippen molar-refractivity contribution in [3.63, 3.8) is 0 Å². The Morgan fingerprint density at radius 1 is 0.952 bits per heavy atom. The SMILES string of the molecule is O=C(O)c1cc2c(=O)c3c(O)cc(O)cc3oc2cc1O. The fourth-order valence-corrected chi connectivity index (χ4v) is 2.15. The Hall–Kier alpha value is -3.22. The average molecular weight is 288 g/mol. The van der Waals surface area contributed by atoms with E-state index in [0.717, 1.165) is 24.3 Å². The van der Waals surface area contributed by atoms with Gasteiger partial charge in [-0.05, 0) is 6.07 Å². The van der Waals surface area contributed by atoms with Crippen LogP contribution >= 0.6 is 0 Å². The molecule has 0 aliphatic heterocycles. The molecule has 4 N–H and O–H groups in total. The molecule has 0 saturated carbocycles. The minimum atomic E-state index is -1.40. The van der Waals surface area contributed by atoms with Crippen LogP contribution in [0.3, 0.4) is 0 Å². The molecule has 7 heteroatoms. The van der Waals surface area contributed by atoms with Crippen molar-refractivity contribution in [2.24, 2.45) is 0 Å². The van der Waals surface area contributed by atoms with Crippen molar-refractivity contribution in [1.82, 2.24) is 0 Å². The van der Waals surface area contributed by atoms with Crippen molar-refractivity contribution in [3.05, 3.63) is 40.1 Å². The fourth-order valence-electron chi connectivity index (χ4n) is 2.15. The predicted octanol–water partition coefficient (Wildman–Crippen LogP) is 1.76. The molecule has 0 radical (unpaired) electrons. The molecule has 0 aliphatic rings. The van der Waals surface area contributed by atoms with Gasteiger partial charge < -0.3 is 24.8 Å². The van der Waals surface area contributed by atoms with Gasteiger partial charge in [0, 0.05) is 18.2 Å².